The van der Waals surface area contributed by atoms with Crippen LogP contribution in [-0.4, -0.2) is 16.0 Å². The molecule has 0 saturated heterocycles. The Hall–Kier alpha value is -2.27. The Morgan fingerprint density at radius 1 is 1.40 bits per heavy atom. The molecule has 0 aliphatic carbocycles. The standard InChI is InChI=1S/C15H13FN2O2/c1-8-10-4-9(2-3-14(10)18-15(8)20)11-5-17-6-13(16)12(11)7-19/h2-6,8,19H,7H2,1H3,(H,18,20). The third kappa shape index (κ3) is 1.87. The van der Waals surface area contributed by atoms with Gasteiger partial charge in [-0.15, -0.1) is 0 Å². The number of aromatic nitrogens is 1. The van der Waals surface area contributed by atoms with Gasteiger partial charge in [-0.2, -0.15) is 0 Å². The predicted octanol–water partition coefficient (Wildman–Crippen LogP) is 2.44. The number of nitrogens with zero attached hydrogens (tertiary/aromatic N) is 1. The zero-order valence-electron chi connectivity index (χ0n) is 10.9. The second-order valence-electron chi connectivity index (χ2n) is 4.82. The van der Waals surface area contributed by atoms with Crippen molar-refractivity contribution in [3.63, 3.8) is 0 Å². The van der Waals surface area contributed by atoms with E-state index in [9.17, 15) is 14.3 Å². The number of fused-ring (bicyclic) bond motifs is 1. The van der Waals surface area contributed by atoms with Crippen molar-refractivity contribution in [1.82, 2.24) is 4.98 Å². The van der Waals surface area contributed by atoms with E-state index >= 15 is 0 Å². The lowest BCUT2D eigenvalue weighted by atomic mass is 9.96. The Bertz CT molecular complexity index is 700. The Balaban J connectivity index is 2.14. The minimum atomic E-state index is -0.534. The van der Waals surface area contributed by atoms with Crippen molar-refractivity contribution >= 4 is 11.6 Å². The van der Waals surface area contributed by atoms with Gasteiger partial charge in [0, 0.05) is 23.0 Å². The van der Waals surface area contributed by atoms with Crippen molar-refractivity contribution < 1.29 is 14.3 Å². The summed E-state index contributed by atoms with van der Waals surface area (Å²) in [5.74, 6) is -0.811. The van der Waals surface area contributed by atoms with Gasteiger partial charge in [-0.3, -0.25) is 9.78 Å². The number of carbonyl (C=O) groups is 1. The second-order valence-corrected chi connectivity index (χ2v) is 4.82. The van der Waals surface area contributed by atoms with Crippen LogP contribution < -0.4 is 5.32 Å². The van der Waals surface area contributed by atoms with Gasteiger partial charge in [-0.05, 0) is 30.2 Å². The van der Waals surface area contributed by atoms with Crippen LogP contribution in [0, 0.1) is 5.82 Å². The fourth-order valence-electron chi connectivity index (χ4n) is 2.46. The lowest BCUT2D eigenvalue weighted by Gasteiger charge is -2.10. The Labute approximate surface area is 115 Å². The number of benzene rings is 1. The van der Waals surface area contributed by atoms with Crippen LogP contribution in [0.15, 0.2) is 30.6 Å². The summed E-state index contributed by atoms with van der Waals surface area (Å²) in [5.41, 5.74) is 3.15. The molecule has 102 valence electrons. The molecule has 1 aromatic carbocycles. The largest absolute Gasteiger partial charge is 0.392 e. The van der Waals surface area contributed by atoms with Crippen LogP contribution in [0.1, 0.15) is 24.0 Å². The molecule has 0 fully saturated rings. The zero-order valence-corrected chi connectivity index (χ0v) is 10.9. The number of hydrogen-bond donors (Lipinski definition) is 2. The third-order valence-corrected chi connectivity index (χ3v) is 3.64. The average Bonchev–Trinajstić information content (AvgIpc) is 2.73. The molecule has 2 heterocycles. The Kier molecular flexibility index (Phi) is 2.99. The van der Waals surface area contributed by atoms with E-state index in [2.05, 4.69) is 10.3 Å². The fraction of sp³-hybridized carbons (Fsp3) is 0.200. The maximum absolute atomic E-state index is 13.7. The highest BCUT2D eigenvalue weighted by Crippen LogP contribution is 2.36. The van der Waals surface area contributed by atoms with Gasteiger partial charge < -0.3 is 10.4 Å². The van der Waals surface area contributed by atoms with Crippen LogP contribution in [0.2, 0.25) is 0 Å². The van der Waals surface area contributed by atoms with Gasteiger partial charge in [-0.25, -0.2) is 4.39 Å². The van der Waals surface area contributed by atoms with E-state index in [1.165, 1.54) is 6.20 Å². The molecule has 3 rings (SSSR count). The van der Waals surface area contributed by atoms with Gasteiger partial charge in [0.1, 0.15) is 5.82 Å². The highest BCUT2D eigenvalue weighted by atomic mass is 19.1. The molecule has 1 aliphatic heterocycles. The lowest BCUT2D eigenvalue weighted by Crippen LogP contribution is -2.08. The molecule has 0 spiro atoms. The number of aliphatic hydroxyl groups excluding tert-OH is 1. The molecule has 0 radical (unpaired) electrons. The molecule has 1 unspecified atom stereocenters. The van der Waals surface area contributed by atoms with E-state index in [1.54, 1.807) is 12.1 Å². The smallest absolute Gasteiger partial charge is 0.231 e. The summed E-state index contributed by atoms with van der Waals surface area (Å²) in [6.45, 7) is 1.43. The molecule has 1 atom stereocenters. The maximum atomic E-state index is 13.7. The minimum absolute atomic E-state index is 0.0445. The van der Waals surface area contributed by atoms with Gasteiger partial charge in [-0.1, -0.05) is 6.07 Å². The van der Waals surface area contributed by atoms with E-state index in [0.717, 1.165) is 23.0 Å². The van der Waals surface area contributed by atoms with Crippen molar-refractivity contribution in [2.45, 2.75) is 19.4 Å². The molecule has 2 aromatic rings. The van der Waals surface area contributed by atoms with Crippen molar-refractivity contribution in [2.75, 3.05) is 5.32 Å². The molecule has 4 nitrogen and oxygen atoms in total. The first-order valence-electron chi connectivity index (χ1n) is 6.30. The van der Waals surface area contributed by atoms with Crippen LogP contribution in [0.25, 0.3) is 11.1 Å². The quantitative estimate of drug-likeness (QED) is 0.882. The van der Waals surface area contributed by atoms with E-state index in [-0.39, 0.29) is 17.4 Å². The van der Waals surface area contributed by atoms with E-state index in [1.807, 2.05) is 13.0 Å². The second kappa shape index (κ2) is 4.68. The molecule has 0 bridgehead atoms. The first kappa shape index (κ1) is 12.7. The summed E-state index contributed by atoms with van der Waals surface area (Å²) in [7, 11) is 0. The molecular weight excluding hydrogens is 259 g/mol. The highest BCUT2D eigenvalue weighted by molar-refractivity contribution is 6.03. The van der Waals surface area contributed by atoms with Crippen molar-refractivity contribution in [3.05, 3.63) is 47.5 Å². The maximum Gasteiger partial charge on any atom is 0.231 e. The van der Waals surface area contributed by atoms with Crippen LogP contribution in [0.3, 0.4) is 0 Å². The number of halogens is 1. The fourth-order valence-corrected chi connectivity index (χ4v) is 2.46. The zero-order chi connectivity index (χ0) is 14.3. The van der Waals surface area contributed by atoms with Gasteiger partial charge in [0.05, 0.1) is 18.7 Å². The first-order chi connectivity index (χ1) is 9.61. The monoisotopic (exact) mass is 272 g/mol. The van der Waals surface area contributed by atoms with Crippen LogP contribution in [-0.2, 0) is 11.4 Å². The summed E-state index contributed by atoms with van der Waals surface area (Å²) in [4.78, 5) is 15.5. The first-order valence-corrected chi connectivity index (χ1v) is 6.30. The SMILES string of the molecule is CC1C(=O)Nc2ccc(-c3cncc(F)c3CO)cc21. The molecule has 5 heteroatoms. The van der Waals surface area contributed by atoms with Crippen molar-refractivity contribution in [2.24, 2.45) is 0 Å². The summed E-state index contributed by atoms with van der Waals surface area (Å²) in [6.07, 6.45) is 2.60. The van der Waals surface area contributed by atoms with Gasteiger partial charge in [0.15, 0.2) is 0 Å². The molecule has 1 amide bonds. The van der Waals surface area contributed by atoms with E-state index in [4.69, 9.17) is 0 Å². The number of amides is 1. The number of rotatable bonds is 2. The number of pyridine rings is 1. The molecule has 20 heavy (non-hydrogen) atoms. The van der Waals surface area contributed by atoms with Crippen molar-refractivity contribution in [3.8, 4) is 11.1 Å². The minimum Gasteiger partial charge on any atom is -0.392 e. The summed E-state index contributed by atoms with van der Waals surface area (Å²) in [5, 5.41) is 12.1. The van der Waals surface area contributed by atoms with Gasteiger partial charge >= 0.3 is 0 Å². The Morgan fingerprint density at radius 2 is 2.20 bits per heavy atom. The van der Waals surface area contributed by atoms with E-state index < -0.39 is 12.4 Å². The summed E-state index contributed by atoms with van der Waals surface area (Å²) < 4.78 is 13.7. The summed E-state index contributed by atoms with van der Waals surface area (Å²) >= 11 is 0. The van der Waals surface area contributed by atoms with Crippen LogP contribution in [0.4, 0.5) is 10.1 Å². The normalized spacial score (nSPS) is 16.9. The number of anilines is 1. The lowest BCUT2D eigenvalue weighted by molar-refractivity contribution is -0.116. The molecule has 0 saturated carbocycles. The van der Waals surface area contributed by atoms with Crippen molar-refractivity contribution in [1.29, 1.82) is 0 Å². The van der Waals surface area contributed by atoms with Crippen LogP contribution >= 0.6 is 0 Å². The number of nitrogens with one attached hydrogen (secondary N) is 1. The van der Waals surface area contributed by atoms with E-state index in [0.29, 0.717) is 5.56 Å². The molecule has 1 aromatic heterocycles. The average molecular weight is 272 g/mol. The number of carbonyl (C=O) groups excluding carboxylic acids is 1. The van der Waals surface area contributed by atoms with Gasteiger partial charge in [0.25, 0.3) is 0 Å². The topological polar surface area (TPSA) is 62.2 Å². The molecular formula is C15H13FN2O2. The molecule has 1 aliphatic rings. The highest BCUT2D eigenvalue weighted by Gasteiger charge is 2.26. The molecule has 2 N–H and O–H groups in total. The van der Waals surface area contributed by atoms with Gasteiger partial charge in [0.2, 0.25) is 5.91 Å². The number of hydrogen-bond acceptors (Lipinski definition) is 3. The number of aliphatic hydroxyl groups is 1. The van der Waals surface area contributed by atoms with Crippen LogP contribution in [0.5, 0.6) is 0 Å². The predicted molar refractivity (Wildman–Crippen MR) is 72.6 cm³/mol. The Morgan fingerprint density at radius 3 is 2.95 bits per heavy atom. The third-order valence-electron chi connectivity index (χ3n) is 3.64. The summed E-state index contributed by atoms with van der Waals surface area (Å²) in [6, 6.07) is 5.42.